The van der Waals surface area contributed by atoms with Crippen molar-refractivity contribution in [3.8, 4) is 22.5 Å². The van der Waals surface area contributed by atoms with E-state index in [1.54, 1.807) is 46.2 Å². The maximum absolute atomic E-state index is 13.4. The fourth-order valence-electron chi connectivity index (χ4n) is 5.89. The Labute approximate surface area is 424 Å². The molecule has 0 radical (unpaired) electrons. The molecule has 23 heteroatoms. The van der Waals surface area contributed by atoms with Crippen molar-refractivity contribution in [2.45, 2.75) is 89.6 Å². The number of hydrogen-bond donors (Lipinski definition) is 4. The molecule has 0 amide bonds. The average Bonchev–Trinajstić information content (AvgIpc) is 3.22. The quantitative estimate of drug-likeness (QED) is 0.103. The van der Waals surface area contributed by atoms with Crippen molar-refractivity contribution in [3.63, 3.8) is 0 Å². The first kappa shape index (κ1) is 62.2. The van der Waals surface area contributed by atoms with Crippen molar-refractivity contribution in [2.75, 3.05) is 38.0 Å². The molecular formula is C44H54CaF2N6O12S2. The van der Waals surface area contributed by atoms with Crippen LogP contribution in [0.25, 0.3) is 34.7 Å². The van der Waals surface area contributed by atoms with Gasteiger partial charge in [-0.2, -0.15) is 16.8 Å². The van der Waals surface area contributed by atoms with Crippen LogP contribution < -0.4 is 20.0 Å². The number of aliphatic carboxylic acids is 2. The van der Waals surface area contributed by atoms with E-state index in [9.17, 15) is 49.0 Å². The number of nitrogens with zero attached hydrogens (tertiary/aromatic N) is 6. The minimum Gasteiger partial charge on any atom is -0.550 e. The summed E-state index contributed by atoms with van der Waals surface area (Å²) in [4.78, 5) is 43.2. The maximum Gasteiger partial charge on any atom is 2.00 e. The summed E-state index contributed by atoms with van der Waals surface area (Å²) in [5, 5.41) is 61.0. The third-order valence-electron chi connectivity index (χ3n) is 8.86. The molecule has 0 saturated heterocycles. The second-order valence-electron chi connectivity index (χ2n) is 15.4. The number of aliphatic hydroxyl groups excluding tert-OH is 4. The van der Waals surface area contributed by atoms with Crippen LogP contribution in [0, 0.1) is 11.6 Å². The van der Waals surface area contributed by atoms with Crippen LogP contribution >= 0.6 is 0 Å². The summed E-state index contributed by atoms with van der Waals surface area (Å²) in [6.07, 6.45) is 0.250. The van der Waals surface area contributed by atoms with Crippen molar-refractivity contribution in [2.24, 2.45) is 0 Å². The molecule has 2 aromatic carbocycles. The van der Waals surface area contributed by atoms with Gasteiger partial charge in [0.1, 0.15) is 11.6 Å². The molecule has 360 valence electrons. The molecule has 4 N–H and O–H groups in total. The van der Waals surface area contributed by atoms with Gasteiger partial charge in [0.15, 0.2) is 0 Å². The number of carbonyl (C=O) groups is 2. The van der Waals surface area contributed by atoms with Crippen molar-refractivity contribution in [3.05, 3.63) is 94.8 Å². The van der Waals surface area contributed by atoms with E-state index in [0.29, 0.717) is 45.5 Å². The van der Waals surface area contributed by atoms with Crippen LogP contribution in [0.15, 0.2) is 60.7 Å². The van der Waals surface area contributed by atoms with Gasteiger partial charge < -0.3 is 50.0 Å². The molecule has 4 aromatic rings. The molecule has 0 saturated carbocycles. The van der Waals surface area contributed by atoms with E-state index in [1.165, 1.54) is 36.4 Å². The number of benzene rings is 2. The van der Waals surface area contributed by atoms with Gasteiger partial charge in [-0.25, -0.2) is 28.7 Å². The monoisotopic (exact) mass is 1000 g/mol. The second kappa shape index (κ2) is 32.1. The second-order valence-corrected chi connectivity index (χ2v) is 15.6. The number of carbonyl (C=O) groups excluding carboxylic acids is 2. The van der Waals surface area contributed by atoms with Gasteiger partial charge in [-0.15, -0.1) is 0 Å². The van der Waals surface area contributed by atoms with E-state index < -0.39 is 72.3 Å². The molecular weight excluding hydrogens is 947 g/mol. The molecule has 0 aliphatic heterocycles. The van der Waals surface area contributed by atoms with Crippen LogP contribution in [0.1, 0.15) is 87.7 Å². The molecule has 0 aliphatic rings. The number of carboxylic acids is 2. The van der Waals surface area contributed by atoms with E-state index in [1.807, 2.05) is 55.9 Å². The molecule has 0 unspecified atom stereocenters. The molecule has 67 heavy (non-hydrogen) atoms. The average molecular weight is 1000 g/mol. The Hall–Kier alpha value is -4.78. The van der Waals surface area contributed by atoms with Crippen LogP contribution in [0.5, 0.6) is 0 Å². The number of rotatable bonds is 18. The molecule has 0 fully saturated rings. The molecule has 4 atom stereocenters. The molecule has 18 nitrogen and oxygen atoms in total. The summed E-state index contributed by atoms with van der Waals surface area (Å²) in [6, 6.07) is 11.9. The zero-order valence-electron chi connectivity index (χ0n) is 38.2. The Morgan fingerprint density at radius 1 is 0.597 bits per heavy atom. The molecule has 2 aromatic heterocycles. The van der Waals surface area contributed by atoms with Gasteiger partial charge in [0.2, 0.25) is 11.9 Å². The molecule has 0 aliphatic carbocycles. The fraction of sp³-hybridized carbons (Fsp3) is 0.409. The number of hydrogen-bond acceptors (Lipinski definition) is 18. The maximum atomic E-state index is 13.4. The number of aromatic nitrogens is 4. The third-order valence-corrected chi connectivity index (χ3v) is 8.86. The third kappa shape index (κ3) is 22.7. The Bertz CT molecular complexity index is 2150. The summed E-state index contributed by atoms with van der Waals surface area (Å²) in [7, 11) is 7.30. The zero-order chi connectivity index (χ0) is 50.3. The van der Waals surface area contributed by atoms with E-state index in [-0.39, 0.29) is 74.1 Å². The van der Waals surface area contributed by atoms with Gasteiger partial charge in [-0.3, -0.25) is 0 Å². The van der Waals surface area contributed by atoms with Gasteiger partial charge in [-0.1, -0.05) is 52.0 Å². The Kier molecular flexibility index (Phi) is 29.8. The number of carboxylic acid groups (broad SMARTS) is 2. The summed E-state index contributed by atoms with van der Waals surface area (Å²) in [5.74, 6) is -2.42. The van der Waals surface area contributed by atoms with Crippen LogP contribution in [0.3, 0.4) is 0 Å². The van der Waals surface area contributed by atoms with Crippen LogP contribution in [0.4, 0.5) is 20.7 Å². The Balaban J connectivity index is 0.00000115. The van der Waals surface area contributed by atoms with Crippen LogP contribution in [-0.4, -0.2) is 159 Å². The summed E-state index contributed by atoms with van der Waals surface area (Å²) in [5.41, 5.74) is 5.35. The smallest absolute Gasteiger partial charge is 0.550 e. The standard InChI is InChI=1S/2C22H28FN3O4.Ca.2O2S/c2*1-13(2)20-18(10-9-16(27)11-17(28)12-19(29)30)21(25-22(24-20)26(3)4)14-5-7-15(23)8-6-14;;2*1-3-2/h2*5-10,13,16-17,27-28H,11-12H2,1-4H3,(H,29,30);;;/q;;+2;;/p-2/b2*10-9+;;;/t2*16-,17-;;;/m11.../s1. The minimum absolute atomic E-state index is 0. The van der Waals surface area contributed by atoms with Crippen molar-refractivity contribution < 1.29 is 65.8 Å². The van der Waals surface area contributed by atoms with Gasteiger partial charge in [0.05, 0.1) is 47.2 Å². The predicted octanol–water partition coefficient (Wildman–Crippen LogP) is 1.75. The molecule has 2 heterocycles. The van der Waals surface area contributed by atoms with E-state index in [2.05, 4.69) is 19.9 Å². The molecule has 0 bridgehead atoms. The minimum atomic E-state index is -1.38. The van der Waals surface area contributed by atoms with E-state index in [0.717, 1.165) is 11.4 Å². The summed E-state index contributed by atoms with van der Waals surface area (Å²) in [6.45, 7) is 7.92. The van der Waals surface area contributed by atoms with E-state index >= 15 is 0 Å². The first-order chi connectivity index (χ1) is 31.0. The van der Waals surface area contributed by atoms with Crippen LogP contribution in [-0.2, 0) is 32.7 Å². The van der Waals surface area contributed by atoms with Gasteiger partial charge in [0, 0.05) is 88.1 Å². The van der Waals surface area contributed by atoms with Gasteiger partial charge in [0.25, 0.3) is 0 Å². The number of anilines is 2. The Morgan fingerprint density at radius 2 is 0.881 bits per heavy atom. The topological polar surface area (TPSA) is 287 Å². The van der Waals surface area contributed by atoms with Crippen LogP contribution in [0.2, 0.25) is 0 Å². The number of halogens is 2. The van der Waals surface area contributed by atoms with E-state index in [4.69, 9.17) is 16.8 Å². The fourth-order valence-corrected chi connectivity index (χ4v) is 5.89. The van der Waals surface area contributed by atoms with Crippen molar-refractivity contribution in [1.29, 1.82) is 0 Å². The van der Waals surface area contributed by atoms with Crippen molar-refractivity contribution >= 4 is 96.9 Å². The largest absolute Gasteiger partial charge is 2.00 e. The molecule has 0 spiro atoms. The Morgan fingerprint density at radius 3 is 1.12 bits per heavy atom. The first-order valence-electron chi connectivity index (χ1n) is 20.0. The summed E-state index contributed by atoms with van der Waals surface area (Å²) < 4.78 is 60.0. The predicted molar refractivity (Wildman–Crippen MR) is 246 cm³/mol. The van der Waals surface area contributed by atoms with Crippen molar-refractivity contribution in [1.82, 2.24) is 19.9 Å². The molecule has 4 rings (SSSR count). The SMILES string of the molecule is CC(C)c1nc(N(C)C)nc(-c2ccc(F)cc2)c1/C=C/[C@@H](O)C[C@@H](O)CC(=O)[O-].CC(C)c1nc(N(C)C)nc(-c2ccc(F)cc2)c1/C=C/[C@@H](O)C[C@@H](O)CC(=O)[O-].O=S=O.O=S=O.[Ca+2]. The normalized spacial score (nSPS) is 12.5. The summed E-state index contributed by atoms with van der Waals surface area (Å²) >= 11 is -1.50. The van der Waals surface area contributed by atoms with Gasteiger partial charge in [-0.05, 0) is 60.4 Å². The number of aliphatic hydroxyl groups is 4. The zero-order valence-corrected chi connectivity index (χ0v) is 42.1. The first-order valence-corrected chi connectivity index (χ1v) is 21.3. The van der Waals surface area contributed by atoms with Gasteiger partial charge >= 0.3 is 60.9 Å².